The lowest BCUT2D eigenvalue weighted by Crippen LogP contribution is -1.98. The van der Waals surface area contributed by atoms with Gasteiger partial charge in [-0.1, -0.05) is 18.2 Å². The molecule has 0 saturated carbocycles. The third-order valence-corrected chi connectivity index (χ3v) is 6.98. The van der Waals surface area contributed by atoms with Gasteiger partial charge in [-0.05, 0) is 48.1 Å². The summed E-state index contributed by atoms with van der Waals surface area (Å²) in [5.74, 6) is 0.823. The van der Waals surface area contributed by atoms with E-state index in [4.69, 9.17) is 9.05 Å². The van der Waals surface area contributed by atoms with Crippen LogP contribution in [0.25, 0.3) is 0 Å². The molecule has 0 amide bonds. The SMILES string of the molecule is CCOP(=O)(CSCc1ccccc1I)OCC. The normalized spacial score (nSPS) is 11.7. The molecule has 18 heavy (non-hydrogen) atoms. The van der Waals surface area contributed by atoms with Gasteiger partial charge in [-0.3, -0.25) is 4.57 Å². The Labute approximate surface area is 127 Å². The van der Waals surface area contributed by atoms with Gasteiger partial charge in [0.05, 0.1) is 18.7 Å². The molecule has 0 spiro atoms. The first-order valence-corrected chi connectivity index (χ1v) is 9.76. The lowest BCUT2D eigenvalue weighted by Gasteiger charge is -2.16. The first kappa shape index (κ1) is 16.5. The largest absolute Gasteiger partial charge is 0.340 e. The first-order valence-electron chi connectivity index (χ1n) is 5.80. The molecule has 0 unspecified atom stereocenters. The van der Waals surface area contributed by atoms with Gasteiger partial charge in [-0.2, -0.15) is 0 Å². The van der Waals surface area contributed by atoms with Gasteiger partial charge < -0.3 is 9.05 Å². The van der Waals surface area contributed by atoms with Crippen LogP contribution in [0.15, 0.2) is 24.3 Å². The van der Waals surface area contributed by atoms with Crippen molar-refractivity contribution >= 4 is 41.9 Å². The van der Waals surface area contributed by atoms with Crippen LogP contribution in [0, 0.1) is 3.57 Å². The second-order valence-corrected chi connectivity index (χ2v) is 8.15. The maximum atomic E-state index is 12.2. The quantitative estimate of drug-likeness (QED) is 0.466. The molecule has 0 N–H and O–H groups in total. The van der Waals surface area contributed by atoms with Crippen LogP contribution in [0.2, 0.25) is 0 Å². The molecule has 0 aliphatic carbocycles. The van der Waals surface area contributed by atoms with Gasteiger partial charge in [0, 0.05) is 9.32 Å². The summed E-state index contributed by atoms with van der Waals surface area (Å²) >= 11 is 3.90. The fourth-order valence-electron chi connectivity index (χ4n) is 1.39. The molecule has 0 fully saturated rings. The Morgan fingerprint density at radius 1 is 1.22 bits per heavy atom. The molecule has 3 nitrogen and oxygen atoms in total. The van der Waals surface area contributed by atoms with E-state index < -0.39 is 7.60 Å². The third-order valence-electron chi connectivity index (χ3n) is 2.12. The molecule has 1 aromatic carbocycles. The van der Waals surface area contributed by atoms with Crippen LogP contribution in [0.1, 0.15) is 19.4 Å². The second-order valence-electron chi connectivity index (χ2n) is 3.52. The van der Waals surface area contributed by atoms with Crippen LogP contribution >= 0.6 is 41.9 Å². The Balaban J connectivity index is 2.49. The minimum atomic E-state index is -2.91. The molecule has 0 atom stereocenters. The summed E-state index contributed by atoms with van der Waals surface area (Å²) in [5, 5.41) is 0. The summed E-state index contributed by atoms with van der Waals surface area (Å²) in [4.78, 5) is 0. The third kappa shape index (κ3) is 5.61. The van der Waals surface area contributed by atoms with Crippen molar-refractivity contribution in [3.63, 3.8) is 0 Å². The highest BCUT2D eigenvalue weighted by atomic mass is 127. The predicted octanol–water partition coefficient (Wildman–Crippen LogP) is 4.75. The van der Waals surface area contributed by atoms with E-state index in [9.17, 15) is 4.57 Å². The molecule has 1 rings (SSSR count). The number of halogens is 1. The Morgan fingerprint density at radius 3 is 2.39 bits per heavy atom. The molecule has 0 radical (unpaired) electrons. The van der Waals surface area contributed by atoms with E-state index >= 15 is 0 Å². The summed E-state index contributed by atoms with van der Waals surface area (Å²) in [6.07, 6.45) is 0. The Hall–Kier alpha value is 0.450. The Bertz CT molecular complexity index is 404. The molecular weight excluding hydrogens is 382 g/mol. The lowest BCUT2D eigenvalue weighted by atomic mass is 10.2. The number of benzene rings is 1. The van der Waals surface area contributed by atoms with Crippen molar-refractivity contribution in [3.8, 4) is 0 Å². The number of thioether (sulfide) groups is 1. The van der Waals surface area contributed by atoms with Crippen molar-refractivity contribution < 1.29 is 13.6 Å². The van der Waals surface area contributed by atoms with Gasteiger partial charge in [0.15, 0.2) is 0 Å². The van der Waals surface area contributed by atoms with E-state index in [-0.39, 0.29) is 0 Å². The van der Waals surface area contributed by atoms with Crippen LogP contribution in [0.5, 0.6) is 0 Å². The van der Waals surface area contributed by atoms with Crippen molar-refractivity contribution in [2.45, 2.75) is 19.6 Å². The van der Waals surface area contributed by atoms with Crippen LogP contribution in [-0.4, -0.2) is 18.7 Å². The number of rotatable bonds is 8. The van der Waals surface area contributed by atoms with Gasteiger partial charge in [0.1, 0.15) is 0 Å². The summed E-state index contributed by atoms with van der Waals surface area (Å²) in [7, 11) is -2.91. The van der Waals surface area contributed by atoms with Crippen molar-refractivity contribution in [2.24, 2.45) is 0 Å². The maximum absolute atomic E-state index is 12.2. The fraction of sp³-hybridized carbons (Fsp3) is 0.500. The summed E-state index contributed by atoms with van der Waals surface area (Å²) in [5.41, 5.74) is 1.65. The average Bonchev–Trinajstić information content (AvgIpc) is 2.32. The smallest absolute Gasteiger partial charge is 0.308 e. The van der Waals surface area contributed by atoms with Gasteiger partial charge in [-0.15, -0.1) is 11.8 Å². The van der Waals surface area contributed by atoms with Crippen molar-refractivity contribution in [1.29, 1.82) is 0 Å². The average molecular weight is 400 g/mol. The topological polar surface area (TPSA) is 35.5 Å². The molecule has 0 heterocycles. The Morgan fingerprint density at radius 2 is 1.83 bits per heavy atom. The minimum Gasteiger partial charge on any atom is -0.308 e. The zero-order chi connectivity index (χ0) is 13.4. The van der Waals surface area contributed by atoms with E-state index in [2.05, 4.69) is 34.7 Å². The van der Waals surface area contributed by atoms with Crippen molar-refractivity contribution in [1.82, 2.24) is 0 Å². The summed E-state index contributed by atoms with van der Waals surface area (Å²) in [6.45, 7) is 4.49. The lowest BCUT2D eigenvalue weighted by molar-refractivity contribution is 0.224. The van der Waals surface area contributed by atoms with Gasteiger partial charge in [-0.25, -0.2) is 0 Å². The molecule has 0 bridgehead atoms. The highest BCUT2D eigenvalue weighted by Gasteiger charge is 2.23. The van der Waals surface area contributed by atoms with E-state index in [1.165, 1.54) is 9.13 Å². The van der Waals surface area contributed by atoms with E-state index in [1.807, 2.05) is 26.0 Å². The molecule has 102 valence electrons. The number of hydrogen-bond acceptors (Lipinski definition) is 4. The zero-order valence-corrected chi connectivity index (χ0v) is 14.5. The minimum absolute atomic E-state index is 0.402. The zero-order valence-electron chi connectivity index (χ0n) is 10.6. The molecule has 0 aromatic heterocycles. The van der Waals surface area contributed by atoms with Crippen LogP contribution in [0.3, 0.4) is 0 Å². The van der Waals surface area contributed by atoms with E-state index in [1.54, 1.807) is 11.8 Å². The molecule has 0 aliphatic rings. The number of hydrogen-bond donors (Lipinski definition) is 0. The van der Waals surface area contributed by atoms with Gasteiger partial charge in [0.2, 0.25) is 0 Å². The predicted molar refractivity (Wildman–Crippen MR) is 86.2 cm³/mol. The highest BCUT2D eigenvalue weighted by molar-refractivity contribution is 14.1. The fourth-order valence-corrected chi connectivity index (χ4v) is 5.41. The summed E-state index contributed by atoms with van der Waals surface area (Å²) in [6, 6.07) is 8.19. The van der Waals surface area contributed by atoms with E-state index in [0.717, 1.165) is 5.75 Å². The van der Waals surface area contributed by atoms with Crippen molar-refractivity contribution in [3.05, 3.63) is 33.4 Å². The van der Waals surface area contributed by atoms with Crippen LogP contribution < -0.4 is 0 Å². The maximum Gasteiger partial charge on any atom is 0.340 e. The molecule has 0 saturated heterocycles. The van der Waals surface area contributed by atoms with E-state index in [0.29, 0.717) is 18.7 Å². The standard InChI is InChI=1S/C12H18IO3PS/c1-3-15-17(14,16-4-2)10-18-9-11-7-5-6-8-12(11)13/h5-8H,3-4,9-10H2,1-2H3. The molecular formula is C12H18IO3PS. The first-order chi connectivity index (χ1) is 8.61. The summed E-state index contributed by atoms with van der Waals surface area (Å²) < 4.78 is 23.9. The van der Waals surface area contributed by atoms with Crippen molar-refractivity contribution in [2.75, 3.05) is 18.7 Å². The Kier molecular flexibility index (Phi) is 7.87. The molecule has 6 heteroatoms. The molecule has 1 aromatic rings. The molecule has 0 aliphatic heterocycles. The monoisotopic (exact) mass is 400 g/mol. The highest BCUT2D eigenvalue weighted by Crippen LogP contribution is 2.51. The van der Waals surface area contributed by atoms with Crippen LogP contribution in [0.4, 0.5) is 0 Å². The van der Waals surface area contributed by atoms with Gasteiger partial charge >= 0.3 is 7.60 Å². The van der Waals surface area contributed by atoms with Crippen LogP contribution in [-0.2, 0) is 19.4 Å². The second kappa shape index (κ2) is 8.59. The van der Waals surface area contributed by atoms with Gasteiger partial charge in [0.25, 0.3) is 0 Å².